The van der Waals surface area contributed by atoms with Crippen LogP contribution in [0.3, 0.4) is 0 Å². The predicted molar refractivity (Wildman–Crippen MR) is 137 cm³/mol. The molecule has 2 saturated heterocycles. The Kier molecular flexibility index (Phi) is 3.80. The average molecular weight is 475 g/mol. The number of H-pyrrole nitrogens is 2. The summed E-state index contributed by atoms with van der Waals surface area (Å²) in [4.78, 5) is 26.2. The highest BCUT2D eigenvalue weighted by Gasteiger charge is 2.47. The molecule has 2 aliphatic heterocycles. The highest BCUT2D eigenvalue weighted by molar-refractivity contribution is 5.85. The Balaban J connectivity index is 0.999. The predicted octanol–water partition coefficient (Wildman–Crippen LogP) is 4.41. The normalized spacial score (nSPS) is 30.1. The molecule has 178 valence electrons. The second-order valence-corrected chi connectivity index (χ2v) is 11.1. The van der Waals surface area contributed by atoms with E-state index in [9.17, 15) is 0 Å². The Bertz CT molecular complexity index is 1650. The number of imidazole rings is 2. The monoisotopic (exact) mass is 474 g/mol. The van der Waals surface area contributed by atoms with Crippen LogP contribution in [0.4, 0.5) is 0 Å². The van der Waals surface area contributed by atoms with Gasteiger partial charge in [-0.25, -0.2) is 15.0 Å². The number of hydrogen-bond acceptors (Lipinski definition) is 6. The third kappa shape index (κ3) is 3.07. The van der Waals surface area contributed by atoms with E-state index in [1.165, 1.54) is 25.7 Å². The van der Waals surface area contributed by atoms with Crippen LogP contribution in [0.25, 0.3) is 44.6 Å². The molecule has 2 saturated carbocycles. The quantitative estimate of drug-likeness (QED) is 0.307. The van der Waals surface area contributed by atoms with Gasteiger partial charge in [-0.05, 0) is 61.8 Å². The summed E-state index contributed by atoms with van der Waals surface area (Å²) in [5.41, 5.74) is 7.81. The van der Waals surface area contributed by atoms with Crippen molar-refractivity contribution >= 4 is 22.1 Å². The summed E-state index contributed by atoms with van der Waals surface area (Å²) in [6.45, 7) is 0. The molecule has 4 N–H and O–H groups in total. The first kappa shape index (κ1) is 19.6. The second-order valence-electron chi connectivity index (χ2n) is 11.1. The summed E-state index contributed by atoms with van der Waals surface area (Å²) in [6.07, 6.45) is 8.82. The Hall–Kier alpha value is -3.62. The van der Waals surface area contributed by atoms with Crippen molar-refractivity contribution in [2.24, 2.45) is 11.8 Å². The summed E-state index contributed by atoms with van der Waals surface area (Å²) in [7, 11) is 0. The lowest BCUT2D eigenvalue weighted by molar-refractivity contribution is 0.543. The minimum atomic E-state index is 0.352. The zero-order valence-electron chi connectivity index (χ0n) is 19.7. The maximum Gasteiger partial charge on any atom is 0.124 e. The zero-order chi connectivity index (χ0) is 23.4. The highest BCUT2D eigenvalue weighted by Crippen LogP contribution is 2.46. The van der Waals surface area contributed by atoms with Crippen molar-refractivity contribution in [1.82, 2.24) is 40.5 Å². The molecule has 5 aromatic rings. The zero-order valence-corrected chi connectivity index (χ0v) is 19.7. The fourth-order valence-corrected chi connectivity index (χ4v) is 6.40. The smallest absolute Gasteiger partial charge is 0.124 e. The number of fused-ring (bicyclic) bond motifs is 4. The molecule has 0 amide bonds. The Morgan fingerprint density at radius 3 is 2.22 bits per heavy atom. The molecule has 8 heteroatoms. The lowest BCUT2D eigenvalue weighted by atomic mass is 10.1. The Morgan fingerprint density at radius 2 is 1.42 bits per heavy atom. The summed E-state index contributed by atoms with van der Waals surface area (Å²) in [6, 6.07) is 14.7. The molecule has 4 aliphatic rings. The molecule has 5 heterocycles. The van der Waals surface area contributed by atoms with Gasteiger partial charge < -0.3 is 20.6 Å². The number of nitrogens with zero attached hydrogens (tertiary/aromatic N) is 4. The molecule has 6 atom stereocenters. The maximum absolute atomic E-state index is 4.92. The van der Waals surface area contributed by atoms with Crippen LogP contribution in [0.15, 0.2) is 48.8 Å². The molecule has 0 spiro atoms. The molecule has 1 unspecified atom stereocenters. The summed E-state index contributed by atoms with van der Waals surface area (Å²) in [5.74, 6) is 3.78. The number of rotatable bonds is 4. The van der Waals surface area contributed by atoms with Gasteiger partial charge in [0.2, 0.25) is 0 Å². The van der Waals surface area contributed by atoms with E-state index >= 15 is 0 Å². The van der Waals surface area contributed by atoms with Gasteiger partial charge in [0.1, 0.15) is 11.6 Å². The molecular formula is C28H26N8. The summed E-state index contributed by atoms with van der Waals surface area (Å²) in [5, 5.41) is 7.35. The van der Waals surface area contributed by atoms with Crippen molar-refractivity contribution in [3.8, 4) is 22.5 Å². The lowest BCUT2D eigenvalue weighted by Crippen LogP contribution is -2.18. The first-order chi connectivity index (χ1) is 17.7. The van der Waals surface area contributed by atoms with E-state index in [1.54, 1.807) is 0 Å². The van der Waals surface area contributed by atoms with E-state index < -0.39 is 0 Å². The Morgan fingerprint density at radius 1 is 0.639 bits per heavy atom. The number of aromatic nitrogens is 6. The van der Waals surface area contributed by atoms with Crippen molar-refractivity contribution in [3.63, 3.8) is 0 Å². The average Bonchev–Trinajstić information content (AvgIpc) is 3.49. The Labute approximate surface area is 207 Å². The minimum absolute atomic E-state index is 0.352. The fraction of sp³-hybridized carbons (Fsp3) is 0.357. The van der Waals surface area contributed by atoms with Crippen LogP contribution in [-0.4, -0.2) is 42.0 Å². The molecule has 0 radical (unpaired) electrons. The maximum atomic E-state index is 4.92. The summed E-state index contributed by atoms with van der Waals surface area (Å²) >= 11 is 0. The van der Waals surface area contributed by atoms with Crippen LogP contribution in [-0.2, 0) is 0 Å². The minimum Gasteiger partial charge on any atom is -0.341 e. The molecule has 0 bridgehead atoms. The van der Waals surface area contributed by atoms with Crippen molar-refractivity contribution in [2.45, 2.75) is 49.9 Å². The third-order valence-corrected chi connectivity index (χ3v) is 8.66. The molecular weight excluding hydrogens is 448 g/mol. The molecule has 9 rings (SSSR count). The number of hydrogen-bond donors (Lipinski definition) is 4. The van der Waals surface area contributed by atoms with Crippen LogP contribution in [0, 0.1) is 11.8 Å². The van der Waals surface area contributed by atoms with Crippen LogP contribution in [0.5, 0.6) is 0 Å². The number of benzene rings is 2. The van der Waals surface area contributed by atoms with E-state index in [0.717, 1.165) is 68.1 Å². The second kappa shape index (κ2) is 6.99. The van der Waals surface area contributed by atoms with E-state index in [-0.39, 0.29) is 0 Å². The first-order valence-corrected chi connectivity index (χ1v) is 13.1. The largest absolute Gasteiger partial charge is 0.341 e. The molecule has 4 fully saturated rings. The molecule has 8 nitrogen and oxygen atoms in total. The van der Waals surface area contributed by atoms with Gasteiger partial charge in [0.25, 0.3) is 0 Å². The van der Waals surface area contributed by atoms with Crippen molar-refractivity contribution < 1.29 is 0 Å². The van der Waals surface area contributed by atoms with Gasteiger partial charge in [-0.15, -0.1) is 0 Å². The molecule has 3 aromatic heterocycles. The van der Waals surface area contributed by atoms with Gasteiger partial charge in [0.05, 0.1) is 57.9 Å². The molecule has 36 heavy (non-hydrogen) atoms. The number of nitrogens with one attached hydrogen (secondary N) is 4. The van der Waals surface area contributed by atoms with Crippen molar-refractivity contribution in [3.05, 3.63) is 60.4 Å². The SMILES string of the molecule is c1cc2nc([C@@H]3C[C@H]4C[C@H]4N3)[nH]c2cc1-c1cnc2cc(-c3cnc([C@@H]4CC5C[C@H]5N4)[nH]3)ccc2n1. The fourth-order valence-electron chi connectivity index (χ4n) is 6.40. The van der Waals surface area contributed by atoms with Gasteiger partial charge >= 0.3 is 0 Å². The third-order valence-electron chi connectivity index (χ3n) is 8.66. The summed E-state index contributed by atoms with van der Waals surface area (Å²) < 4.78 is 0. The van der Waals surface area contributed by atoms with Gasteiger partial charge in [-0.1, -0.05) is 12.1 Å². The van der Waals surface area contributed by atoms with Gasteiger partial charge in [0, 0.05) is 23.2 Å². The standard InChI is InChI=1S/C28H26N8/c1-3-17-21(5-13(1)26-12-30-27(36-26)23-9-15-7-19(15)32-23)29-11-25(31-17)14-2-4-18-22(6-14)35-28(34-18)24-10-16-8-20(16)33-24/h1-6,11-12,15-16,19-20,23-24,32-33H,7-10H2,(H,30,36)(H,34,35)/t15?,16-,19-,20-,23+,24+/m1/s1. The van der Waals surface area contributed by atoms with Crippen molar-refractivity contribution in [1.29, 1.82) is 0 Å². The van der Waals surface area contributed by atoms with Gasteiger partial charge in [-0.3, -0.25) is 4.98 Å². The lowest BCUT2D eigenvalue weighted by Gasteiger charge is -2.09. The van der Waals surface area contributed by atoms with E-state index in [0.29, 0.717) is 24.2 Å². The number of piperidine rings is 2. The van der Waals surface area contributed by atoms with Crippen molar-refractivity contribution in [2.75, 3.05) is 0 Å². The first-order valence-electron chi connectivity index (χ1n) is 13.1. The van der Waals surface area contributed by atoms with Crippen LogP contribution < -0.4 is 10.6 Å². The van der Waals surface area contributed by atoms with E-state index in [4.69, 9.17) is 15.0 Å². The number of aromatic amines is 2. The van der Waals surface area contributed by atoms with Gasteiger partial charge in [-0.2, -0.15) is 0 Å². The van der Waals surface area contributed by atoms with E-state index in [2.05, 4.69) is 62.0 Å². The van der Waals surface area contributed by atoms with Crippen LogP contribution in [0.1, 0.15) is 49.4 Å². The van der Waals surface area contributed by atoms with E-state index in [1.807, 2.05) is 12.4 Å². The highest BCUT2D eigenvalue weighted by atomic mass is 15.1. The molecule has 2 aliphatic carbocycles. The molecule has 2 aromatic carbocycles. The topological polar surface area (TPSA) is 107 Å². The van der Waals surface area contributed by atoms with Gasteiger partial charge in [0.15, 0.2) is 0 Å². The van der Waals surface area contributed by atoms with Crippen LogP contribution >= 0.6 is 0 Å². The van der Waals surface area contributed by atoms with Crippen LogP contribution in [0.2, 0.25) is 0 Å².